The van der Waals surface area contributed by atoms with Gasteiger partial charge in [0.1, 0.15) is 29.3 Å². The van der Waals surface area contributed by atoms with Crippen molar-refractivity contribution in [2.75, 3.05) is 6.56 Å². The van der Waals surface area contributed by atoms with Crippen LogP contribution in [-0.2, 0) is 35.8 Å². The predicted molar refractivity (Wildman–Crippen MR) is 134 cm³/mol. The Morgan fingerprint density at radius 3 is 2.55 bits per heavy atom. The van der Waals surface area contributed by atoms with Crippen LogP contribution in [0.15, 0.2) is 21.9 Å². The lowest BCUT2D eigenvalue weighted by Crippen LogP contribution is -2.36. The van der Waals surface area contributed by atoms with Crippen molar-refractivity contribution in [2.24, 2.45) is 0 Å². The second-order valence-electron chi connectivity index (χ2n) is 11.1. The fourth-order valence-corrected chi connectivity index (χ4v) is 5.23. The first kappa shape index (κ1) is 24.9. The number of hydrogen-bond acceptors (Lipinski definition) is 8. The van der Waals surface area contributed by atoms with Crippen LogP contribution < -0.4 is 15.8 Å². The summed E-state index contributed by atoms with van der Waals surface area (Å²) in [6.45, 7) is 6.38. The summed E-state index contributed by atoms with van der Waals surface area (Å²) in [5, 5.41) is 9.89. The molecule has 1 saturated heterocycles. The van der Waals surface area contributed by atoms with Crippen LogP contribution in [0.3, 0.4) is 0 Å². The fourth-order valence-electron chi connectivity index (χ4n) is 3.98. The maximum Gasteiger partial charge on any atom is 0.530 e. The zero-order chi connectivity index (χ0) is 31.1. The smallest absolute Gasteiger partial charge is 0.403 e. The van der Waals surface area contributed by atoms with Gasteiger partial charge >= 0.3 is 13.5 Å². The van der Waals surface area contributed by atoms with Gasteiger partial charge < -0.3 is 14.4 Å². The molecule has 0 spiro atoms. The number of phosphoric ester groups is 1. The number of hydrogen-bond donors (Lipinski definition) is 2. The Kier molecular flexibility index (Phi) is 6.25. The molecule has 210 valence electrons. The molecule has 0 bridgehead atoms. The number of aliphatic hydroxyl groups excluding tert-OH is 1. The molecule has 2 aliphatic heterocycles. The molecular formula is C24H30ClF2N2O8P. The summed E-state index contributed by atoms with van der Waals surface area (Å²) in [7, 11) is -5.03. The molecule has 1 fully saturated rings. The van der Waals surface area contributed by atoms with E-state index in [-0.39, 0.29) is 15.9 Å². The molecule has 1 aromatic carbocycles. The van der Waals surface area contributed by atoms with Crippen LogP contribution in [0.2, 0.25) is 5.02 Å². The Morgan fingerprint density at radius 1 is 1.32 bits per heavy atom. The van der Waals surface area contributed by atoms with Gasteiger partial charge in [-0.25, -0.2) is 18.1 Å². The molecule has 0 radical (unpaired) electrons. The molecule has 2 aromatic rings. The first-order chi connectivity index (χ1) is 18.4. The van der Waals surface area contributed by atoms with Crippen molar-refractivity contribution in [3.63, 3.8) is 0 Å². The third-order valence-electron chi connectivity index (χ3n) is 5.95. The molecule has 0 saturated carbocycles. The van der Waals surface area contributed by atoms with E-state index in [0.717, 1.165) is 0 Å². The normalized spacial score (nSPS) is 31.2. The molecular weight excluding hydrogens is 549 g/mol. The van der Waals surface area contributed by atoms with E-state index in [9.17, 15) is 19.3 Å². The van der Waals surface area contributed by atoms with E-state index in [4.69, 9.17) is 34.0 Å². The summed E-state index contributed by atoms with van der Waals surface area (Å²) in [6, 6.07) is 1.55. The molecule has 1 unspecified atom stereocenters. The Morgan fingerprint density at radius 2 is 1.95 bits per heavy atom. The molecule has 2 N–H and O–H groups in total. The molecule has 38 heavy (non-hydrogen) atoms. The lowest BCUT2D eigenvalue weighted by molar-refractivity contribution is -0.179. The molecule has 10 nitrogen and oxygen atoms in total. The zero-order valence-corrected chi connectivity index (χ0v) is 23.1. The minimum Gasteiger partial charge on any atom is -0.403 e. The lowest BCUT2D eigenvalue weighted by Gasteiger charge is -2.34. The second kappa shape index (κ2) is 9.53. The standard InChI is InChI=1S/C24H30ClF2N2O8P/c1-22(2,3)13-7-14(23(4,5)6)18-12(17(13)26)10-34-38(33,37-18)35-11-24(27)8-16(30)20(36-24)29-9-15(25)19(31)28-21(29)32/h7,9,16,20,30H,8,10-11H2,1-6H3,(H,28,31,32)/t16-,20-,24+,38?/m1/s1/i11D2,20D. The molecule has 3 heterocycles. The maximum atomic E-state index is 16.1. The number of rotatable bonds is 4. The van der Waals surface area contributed by atoms with Gasteiger partial charge in [-0.3, -0.25) is 23.4 Å². The SMILES string of the molecule is [2H]C([2H])(OP1(=O)OCc2c(F)c(C(C)(C)C)cc(C(C)(C)C)c2O1)[C@]1(F)C[C@@H](O)[C@]([2H])(n2cc(Cl)c(=O)[nH]c2=O)O1. The minimum atomic E-state index is -5.03. The number of halogens is 3. The van der Waals surface area contributed by atoms with Crippen LogP contribution in [0, 0.1) is 5.82 Å². The Hall–Kier alpha value is -2.08. The topological polar surface area (TPSA) is 129 Å². The van der Waals surface area contributed by atoms with Crippen LogP contribution in [0.25, 0.3) is 0 Å². The number of nitrogens with one attached hydrogen (secondary N) is 1. The molecule has 4 rings (SSSR count). The number of fused-ring (bicyclic) bond motifs is 1. The number of H-pyrrole nitrogens is 1. The highest BCUT2D eigenvalue weighted by atomic mass is 35.5. The number of aromatic amines is 1. The predicted octanol–water partition coefficient (Wildman–Crippen LogP) is 4.60. The summed E-state index contributed by atoms with van der Waals surface area (Å²) in [5.74, 6) is -4.60. The molecule has 0 aliphatic carbocycles. The fraction of sp³-hybridized carbons (Fsp3) is 0.583. The van der Waals surface area contributed by atoms with E-state index in [0.29, 0.717) is 17.3 Å². The van der Waals surface area contributed by atoms with Crippen LogP contribution >= 0.6 is 19.4 Å². The second-order valence-corrected chi connectivity index (χ2v) is 13.0. The highest BCUT2D eigenvalue weighted by Gasteiger charge is 2.51. The zero-order valence-electron chi connectivity index (χ0n) is 24.5. The number of benzene rings is 1. The van der Waals surface area contributed by atoms with Crippen LogP contribution in [0.5, 0.6) is 5.75 Å². The largest absolute Gasteiger partial charge is 0.530 e. The third kappa shape index (κ3) is 5.48. The van der Waals surface area contributed by atoms with Crippen molar-refractivity contribution in [1.82, 2.24) is 9.55 Å². The molecule has 0 amide bonds. The highest BCUT2D eigenvalue weighted by molar-refractivity contribution is 7.49. The van der Waals surface area contributed by atoms with Gasteiger partial charge in [0.25, 0.3) is 5.56 Å². The quantitative estimate of drug-likeness (QED) is 0.501. The van der Waals surface area contributed by atoms with E-state index in [2.05, 4.69) is 0 Å². The Bertz CT molecular complexity index is 1570. The molecule has 14 heteroatoms. The monoisotopic (exact) mass is 581 g/mol. The van der Waals surface area contributed by atoms with E-state index in [1.54, 1.807) is 52.6 Å². The summed E-state index contributed by atoms with van der Waals surface area (Å²) in [4.78, 5) is 25.6. The van der Waals surface area contributed by atoms with Crippen LogP contribution in [-0.4, -0.2) is 33.2 Å². The first-order valence-corrected chi connectivity index (χ1v) is 13.4. The van der Waals surface area contributed by atoms with Gasteiger partial charge in [0.2, 0.25) is 5.85 Å². The van der Waals surface area contributed by atoms with E-state index in [1.165, 1.54) is 0 Å². The third-order valence-corrected chi connectivity index (χ3v) is 7.38. The van der Waals surface area contributed by atoms with Crippen molar-refractivity contribution < 1.29 is 40.9 Å². The molecule has 2 aliphatic rings. The number of alkyl halides is 1. The van der Waals surface area contributed by atoms with Crippen molar-refractivity contribution in [3.8, 4) is 5.75 Å². The van der Waals surface area contributed by atoms with Gasteiger partial charge in [-0.1, -0.05) is 53.1 Å². The van der Waals surface area contributed by atoms with Crippen molar-refractivity contribution >= 4 is 19.4 Å². The summed E-state index contributed by atoms with van der Waals surface area (Å²) in [6.07, 6.45) is -5.92. The maximum absolute atomic E-state index is 16.1. The average Bonchev–Trinajstić information content (AvgIpc) is 3.04. The summed E-state index contributed by atoms with van der Waals surface area (Å²) in [5.41, 5.74) is -2.99. The lowest BCUT2D eigenvalue weighted by atomic mass is 9.78. The minimum absolute atomic E-state index is 0.0833. The van der Waals surface area contributed by atoms with Gasteiger partial charge in [-0.15, -0.1) is 0 Å². The van der Waals surface area contributed by atoms with Crippen molar-refractivity contribution in [1.29, 1.82) is 0 Å². The van der Waals surface area contributed by atoms with E-state index >= 15 is 8.78 Å². The number of aromatic nitrogens is 2. The van der Waals surface area contributed by atoms with Crippen molar-refractivity contribution in [3.05, 3.63) is 60.6 Å². The van der Waals surface area contributed by atoms with Crippen LogP contribution in [0.1, 0.15) is 75.0 Å². The summed E-state index contributed by atoms with van der Waals surface area (Å²) < 4.78 is 90.7. The number of nitrogens with zero attached hydrogens (tertiary/aromatic N) is 1. The Balaban J connectivity index is 1.71. The number of aliphatic hydroxyl groups is 1. The van der Waals surface area contributed by atoms with Gasteiger partial charge in [0, 0.05) is 18.2 Å². The average molecular weight is 582 g/mol. The first-order valence-electron chi connectivity index (χ1n) is 13.0. The van der Waals surface area contributed by atoms with E-state index in [1.807, 2.05) is 0 Å². The van der Waals surface area contributed by atoms with Crippen LogP contribution in [0.4, 0.5) is 8.78 Å². The van der Waals surface area contributed by atoms with Gasteiger partial charge in [-0.2, -0.15) is 0 Å². The van der Waals surface area contributed by atoms with Gasteiger partial charge in [0.15, 0.2) is 6.20 Å². The van der Waals surface area contributed by atoms with E-state index < -0.39 is 78.5 Å². The molecule has 1 aromatic heterocycles. The Labute approximate surface area is 226 Å². The number of phosphoric acid groups is 1. The van der Waals surface area contributed by atoms with Crippen molar-refractivity contribution in [2.45, 2.75) is 83.6 Å². The number of ether oxygens (including phenoxy) is 1. The molecule has 4 atom stereocenters. The van der Waals surface area contributed by atoms with Gasteiger partial charge in [-0.05, 0) is 22.5 Å². The van der Waals surface area contributed by atoms with Gasteiger partial charge in [0.05, 0.1) is 16.3 Å². The summed E-state index contributed by atoms with van der Waals surface area (Å²) >= 11 is 5.70. The highest BCUT2D eigenvalue weighted by Crippen LogP contribution is 2.58.